The zero-order valence-corrected chi connectivity index (χ0v) is 11.2. The fraction of sp³-hybridized carbons (Fsp3) is 0.308. The van der Waals surface area contributed by atoms with E-state index in [0.29, 0.717) is 0 Å². The molecule has 0 spiro atoms. The first-order valence-corrected chi connectivity index (χ1v) is 6.78. The molecule has 18 heavy (non-hydrogen) atoms. The van der Waals surface area contributed by atoms with Gasteiger partial charge in [0.2, 0.25) is 5.91 Å². The summed E-state index contributed by atoms with van der Waals surface area (Å²) in [5.41, 5.74) is 6.22. The number of hydrogen-bond acceptors (Lipinski definition) is 4. The van der Waals surface area contributed by atoms with Gasteiger partial charge in [0, 0.05) is 30.3 Å². The summed E-state index contributed by atoms with van der Waals surface area (Å²) in [5, 5.41) is 3.00. The first-order valence-electron chi connectivity index (χ1n) is 5.62. The molecule has 0 saturated heterocycles. The number of methoxy groups -OCH3 is 1. The highest BCUT2D eigenvalue weighted by Crippen LogP contribution is 2.15. The molecule has 0 aliphatic heterocycles. The van der Waals surface area contributed by atoms with Gasteiger partial charge in [0.05, 0.1) is 7.11 Å². The summed E-state index contributed by atoms with van der Waals surface area (Å²) in [6.07, 6.45) is 2.89. The maximum Gasteiger partial charge on any atom is 0.242 e. The predicted molar refractivity (Wildman–Crippen MR) is 75.5 cm³/mol. The lowest BCUT2D eigenvalue weighted by Gasteiger charge is -2.04. The number of carbonyl (C=O) groups is 1. The van der Waals surface area contributed by atoms with E-state index in [0.717, 1.165) is 23.8 Å². The van der Waals surface area contributed by atoms with E-state index >= 15 is 0 Å². The normalized spacial score (nSPS) is 10.5. The van der Waals surface area contributed by atoms with Gasteiger partial charge in [-0.1, -0.05) is 12.1 Å². The van der Waals surface area contributed by atoms with Crippen LogP contribution >= 0.6 is 11.8 Å². The van der Waals surface area contributed by atoms with Crippen LogP contribution in [0.5, 0.6) is 5.75 Å². The minimum atomic E-state index is -0.437. The maximum absolute atomic E-state index is 10.4. The van der Waals surface area contributed by atoms with E-state index in [1.165, 1.54) is 11.6 Å². The Labute approximate surface area is 112 Å². The average Bonchev–Trinajstić information content (AvgIpc) is 2.38. The van der Waals surface area contributed by atoms with Crippen molar-refractivity contribution in [3.63, 3.8) is 0 Å². The number of nitrogens with two attached hydrogens (primary N) is 1. The minimum absolute atomic E-state index is 0.437. The van der Waals surface area contributed by atoms with E-state index < -0.39 is 5.91 Å². The Morgan fingerprint density at radius 3 is 2.78 bits per heavy atom. The molecule has 0 saturated carbocycles. The maximum atomic E-state index is 10.4. The number of carbonyl (C=O) groups excluding carboxylic acids is 1. The molecule has 0 fully saturated rings. The molecule has 1 aromatic rings. The highest BCUT2D eigenvalue weighted by molar-refractivity contribution is 7.98. The van der Waals surface area contributed by atoms with E-state index in [-0.39, 0.29) is 0 Å². The second kappa shape index (κ2) is 8.47. The fourth-order valence-corrected chi connectivity index (χ4v) is 2.10. The van der Waals surface area contributed by atoms with Gasteiger partial charge in [0.15, 0.2) is 0 Å². The number of nitrogens with one attached hydrogen (secondary N) is 1. The van der Waals surface area contributed by atoms with E-state index in [1.54, 1.807) is 13.3 Å². The van der Waals surface area contributed by atoms with Crippen LogP contribution in [0.1, 0.15) is 5.56 Å². The third-order valence-electron chi connectivity index (χ3n) is 2.18. The SMILES string of the molecule is COc1ccc(CSCCN/C=C/C(N)=O)cc1. The largest absolute Gasteiger partial charge is 0.497 e. The zero-order chi connectivity index (χ0) is 13.2. The van der Waals surface area contributed by atoms with Gasteiger partial charge in [-0.2, -0.15) is 11.8 Å². The molecule has 3 N–H and O–H groups in total. The van der Waals surface area contributed by atoms with Crippen LogP contribution in [0, 0.1) is 0 Å². The topological polar surface area (TPSA) is 64.3 Å². The van der Waals surface area contributed by atoms with Crippen molar-refractivity contribution in [2.75, 3.05) is 19.4 Å². The molecular weight excluding hydrogens is 248 g/mol. The molecule has 5 heteroatoms. The molecule has 1 rings (SSSR count). The van der Waals surface area contributed by atoms with Crippen molar-refractivity contribution in [1.29, 1.82) is 0 Å². The van der Waals surface area contributed by atoms with Gasteiger partial charge in [0.25, 0.3) is 0 Å². The summed E-state index contributed by atoms with van der Waals surface area (Å²) in [5.74, 6) is 2.37. The molecule has 4 nitrogen and oxygen atoms in total. The Hall–Kier alpha value is -1.62. The number of hydrogen-bond donors (Lipinski definition) is 2. The Bertz CT molecular complexity index is 390. The van der Waals surface area contributed by atoms with Crippen molar-refractivity contribution in [1.82, 2.24) is 5.32 Å². The van der Waals surface area contributed by atoms with Gasteiger partial charge >= 0.3 is 0 Å². The number of thioether (sulfide) groups is 1. The van der Waals surface area contributed by atoms with Crippen molar-refractivity contribution >= 4 is 17.7 Å². The number of primary amides is 1. The molecule has 0 aliphatic rings. The standard InChI is InChI=1S/C13H18N2O2S/c1-17-12-4-2-11(3-5-12)10-18-9-8-15-7-6-13(14)16/h2-7,15H,8-10H2,1H3,(H2,14,16)/b7-6+. The monoisotopic (exact) mass is 266 g/mol. The van der Waals surface area contributed by atoms with Gasteiger partial charge in [0.1, 0.15) is 5.75 Å². The van der Waals surface area contributed by atoms with Crippen LogP contribution in [0.3, 0.4) is 0 Å². The van der Waals surface area contributed by atoms with Crippen molar-refractivity contribution in [3.8, 4) is 5.75 Å². The van der Waals surface area contributed by atoms with Crippen LogP contribution in [0.4, 0.5) is 0 Å². The summed E-state index contributed by atoms with van der Waals surface area (Å²) in [7, 11) is 1.66. The molecule has 1 amide bonds. The van der Waals surface area contributed by atoms with Gasteiger partial charge in [-0.15, -0.1) is 0 Å². The Balaban J connectivity index is 2.12. The van der Waals surface area contributed by atoms with Crippen LogP contribution in [0.15, 0.2) is 36.5 Å². The quantitative estimate of drug-likeness (QED) is 0.553. The molecule has 0 radical (unpaired) electrons. The predicted octanol–water partition coefficient (Wildman–Crippen LogP) is 1.52. The molecule has 0 aliphatic carbocycles. The number of amides is 1. The highest BCUT2D eigenvalue weighted by atomic mass is 32.2. The molecule has 0 unspecified atom stereocenters. The van der Waals surface area contributed by atoms with Gasteiger partial charge in [-0.3, -0.25) is 4.79 Å². The molecule has 0 bridgehead atoms. The van der Waals surface area contributed by atoms with Crippen LogP contribution in [0.2, 0.25) is 0 Å². The lowest BCUT2D eigenvalue weighted by atomic mass is 10.2. The van der Waals surface area contributed by atoms with Crippen molar-refractivity contribution in [2.45, 2.75) is 5.75 Å². The van der Waals surface area contributed by atoms with Gasteiger partial charge in [-0.05, 0) is 17.7 Å². The van der Waals surface area contributed by atoms with Crippen LogP contribution < -0.4 is 15.8 Å². The summed E-state index contributed by atoms with van der Waals surface area (Å²) in [6, 6.07) is 8.05. The van der Waals surface area contributed by atoms with Gasteiger partial charge < -0.3 is 15.8 Å². The van der Waals surface area contributed by atoms with Crippen LogP contribution in [-0.2, 0) is 10.5 Å². The first-order chi connectivity index (χ1) is 8.72. The summed E-state index contributed by atoms with van der Waals surface area (Å²) < 4.78 is 5.10. The summed E-state index contributed by atoms with van der Waals surface area (Å²) in [4.78, 5) is 10.4. The molecule has 0 heterocycles. The molecule has 98 valence electrons. The summed E-state index contributed by atoms with van der Waals surface area (Å²) in [6.45, 7) is 0.810. The van der Waals surface area contributed by atoms with Crippen molar-refractivity contribution in [3.05, 3.63) is 42.1 Å². The van der Waals surface area contributed by atoms with E-state index in [9.17, 15) is 4.79 Å². The molecule has 0 aromatic heterocycles. The molecule has 1 aromatic carbocycles. The van der Waals surface area contributed by atoms with Crippen molar-refractivity contribution < 1.29 is 9.53 Å². The first kappa shape index (κ1) is 14.4. The Kier molecular flexibility index (Phi) is 6.79. The Morgan fingerprint density at radius 2 is 2.17 bits per heavy atom. The Morgan fingerprint density at radius 1 is 1.44 bits per heavy atom. The second-order valence-electron chi connectivity index (χ2n) is 3.59. The number of rotatable bonds is 8. The molecular formula is C13H18N2O2S. The second-order valence-corrected chi connectivity index (χ2v) is 4.70. The van der Waals surface area contributed by atoms with E-state index in [1.807, 2.05) is 23.9 Å². The minimum Gasteiger partial charge on any atom is -0.497 e. The average molecular weight is 266 g/mol. The third kappa shape index (κ3) is 6.20. The fourth-order valence-electron chi connectivity index (χ4n) is 1.27. The lowest BCUT2D eigenvalue weighted by molar-refractivity contribution is -0.113. The van der Waals surface area contributed by atoms with E-state index in [4.69, 9.17) is 10.5 Å². The van der Waals surface area contributed by atoms with Crippen LogP contribution in [-0.4, -0.2) is 25.3 Å². The smallest absolute Gasteiger partial charge is 0.242 e. The van der Waals surface area contributed by atoms with E-state index in [2.05, 4.69) is 17.4 Å². The third-order valence-corrected chi connectivity index (χ3v) is 3.21. The summed E-state index contributed by atoms with van der Waals surface area (Å²) >= 11 is 1.83. The number of ether oxygens (including phenoxy) is 1. The van der Waals surface area contributed by atoms with Crippen LogP contribution in [0.25, 0.3) is 0 Å². The number of benzene rings is 1. The lowest BCUT2D eigenvalue weighted by Crippen LogP contribution is -2.12. The zero-order valence-electron chi connectivity index (χ0n) is 10.4. The van der Waals surface area contributed by atoms with Crippen molar-refractivity contribution in [2.24, 2.45) is 5.73 Å². The van der Waals surface area contributed by atoms with Gasteiger partial charge in [-0.25, -0.2) is 0 Å². The molecule has 0 atom stereocenters. The highest BCUT2D eigenvalue weighted by Gasteiger charge is 1.94.